The van der Waals surface area contributed by atoms with Crippen LogP contribution in [0, 0.1) is 5.92 Å². The first-order valence-corrected chi connectivity index (χ1v) is 9.02. The molecule has 3 aliphatic rings. The highest BCUT2D eigenvalue weighted by atomic mass is 16.5. The summed E-state index contributed by atoms with van der Waals surface area (Å²) in [6, 6.07) is 11.1. The van der Waals surface area contributed by atoms with Gasteiger partial charge < -0.3 is 9.64 Å². The van der Waals surface area contributed by atoms with Gasteiger partial charge in [0.1, 0.15) is 0 Å². The van der Waals surface area contributed by atoms with Gasteiger partial charge in [0.15, 0.2) is 0 Å². The smallest absolute Gasteiger partial charge is 0.227 e. The predicted molar refractivity (Wildman–Crippen MR) is 90.5 cm³/mol. The number of likely N-dealkylation sites (tertiary alicyclic amines) is 1. The minimum atomic E-state index is 0.297. The van der Waals surface area contributed by atoms with Crippen LogP contribution < -0.4 is 4.90 Å². The second kappa shape index (κ2) is 6.62. The second-order valence-electron chi connectivity index (χ2n) is 7.11. The van der Waals surface area contributed by atoms with Crippen LogP contribution in [0.5, 0.6) is 0 Å². The molecule has 0 bridgehead atoms. The first kappa shape index (κ1) is 15.2. The number of carbonyl (C=O) groups is 1. The van der Waals surface area contributed by atoms with Crippen LogP contribution in [-0.4, -0.2) is 49.2 Å². The van der Waals surface area contributed by atoms with Crippen molar-refractivity contribution in [2.45, 2.75) is 44.2 Å². The molecule has 0 N–H and O–H groups in total. The van der Waals surface area contributed by atoms with Gasteiger partial charge in [-0.15, -0.1) is 0 Å². The molecule has 3 saturated heterocycles. The zero-order chi connectivity index (χ0) is 15.6. The zero-order valence-corrected chi connectivity index (χ0v) is 13.7. The average Bonchev–Trinajstić information content (AvgIpc) is 2.99. The molecule has 4 heteroatoms. The van der Waals surface area contributed by atoms with Crippen LogP contribution in [0.15, 0.2) is 30.3 Å². The molecule has 3 aliphatic heterocycles. The fourth-order valence-corrected chi connectivity index (χ4v) is 4.56. The van der Waals surface area contributed by atoms with E-state index < -0.39 is 0 Å². The molecule has 3 fully saturated rings. The van der Waals surface area contributed by atoms with Gasteiger partial charge in [-0.2, -0.15) is 0 Å². The highest BCUT2D eigenvalue weighted by Gasteiger charge is 2.43. The van der Waals surface area contributed by atoms with Crippen LogP contribution in [-0.2, 0) is 9.53 Å². The maximum absolute atomic E-state index is 12.5. The highest BCUT2D eigenvalue weighted by molar-refractivity contribution is 5.95. The number of rotatable bonds is 3. The van der Waals surface area contributed by atoms with Crippen LogP contribution in [0.1, 0.15) is 32.1 Å². The van der Waals surface area contributed by atoms with E-state index in [1.807, 2.05) is 18.2 Å². The molecule has 1 aromatic carbocycles. The second-order valence-corrected chi connectivity index (χ2v) is 7.11. The van der Waals surface area contributed by atoms with Crippen molar-refractivity contribution < 1.29 is 9.53 Å². The molecule has 0 spiro atoms. The van der Waals surface area contributed by atoms with Gasteiger partial charge in [0.2, 0.25) is 5.91 Å². The Bertz CT molecular complexity index is 542. The maximum atomic E-state index is 12.5. The molecule has 0 saturated carbocycles. The standard InChI is InChI=1S/C19H26N2O2/c22-19-7-6-17-18(21(19)16-4-2-1-3-5-16)8-11-20(17)14-15-9-12-23-13-10-15/h1-5,15,17-18H,6-14H2/t17-,18-/m1/s1. The third-order valence-electron chi connectivity index (χ3n) is 5.75. The van der Waals surface area contributed by atoms with Crippen molar-refractivity contribution in [3.05, 3.63) is 30.3 Å². The molecule has 1 amide bonds. The fourth-order valence-electron chi connectivity index (χ4n) is 4.56. The Labute approximate surface area is 138 Å². The lowest BCUT2D eigenvalue weighted by Crippen LogP contribution is -2.53. The Morgan fingerprint density at radius 1 is 1.00 bits per heavy atom. The van der Waals surface area contributed by atoms with E-state index >= 15 is 0 Å². The molecule has 0 aromatic heterocycles. The molecule has 23 heavy (non-hydrogen) atoms. The van der Waals surface area contributed by atoms with Gasteiger partial charge in [-0.05, 0) is 43.7 Å². The van der Waals surface area contributed by atoms with Crippen LogP contribution in [0.4, 0.5) is 5.69 Å². The summed E-state index contributed by atoms with van der Waals surface area (Å²) in [5.74, 6) is 1.07. The van der Waals surface area contributed by atoms with E-state index in [0.717, 1.165) is 44.2 Å². The summed E-state index contributed by atoms with van der Waals surface area (Å²) in [6.45, 7) is 4.15. The van der Waals surface area contributed by atoms with E-state index in [4.69, 9.17) is 4.74 Å². The Balaban J connectivity index is 1.49. The fraction of sp³-hybridized carbons (Fsp3) is 0.632. The SMILES string of the molecule is O=C1CC[C@@H]2[C@@H](CCN2CC2CCOCC2)N1c1ccccc1. The van der Waals surface area contributed by atoms with Crippen LogP contribution in [0.3, 0.4) is 0 Å². The first-order chi connectivity index (χ1) is 11.3. The van der Waals surface area contributed by atoms with Gasteiger partial charge in [0.05, 0.1) is 6.04 Å². The monoisotopic (exact) mass is 314 g/mol. The van der Waals surface area contributed by atoms with Crippen molar-refractivity contribution in [3.63, 3.8) is 0 Å². The summed E-state index contributed by atoms with van der Waals surface area (Å²) >= 11 is 0. The van der Waals surface area contributed by atoms with Crippen molar-refractivity contribution >= 4 is 11.6 Å². The Kier molecular flexibility index (Phi) is 4.36. The number of piperidine rings is 1. The number of carbonyl (C=O) groups excluding carboxylic acids is 1. The van der Waals surface area contributed by atoms with Crippen molar-refractivity contribution in [3.8, 4) is 0 Å². The zero-order valence-electron chi connectivity index (χ0n) is 13.7. The Hall–Kier alpha value is -1.39. The number of benzene rings is 1. The van der Waals surface area contributed by atoms with Crippen molar-refractivity contribution in [1.29, 1.82) is 0 Å². The molecule has 0 unspecified atom stereocenters. The van der Waals surface area contributed by atoms with E-state index in [1.165, 1.54) is 19.4 Å². The molecule has 124 valence electrons. The lowest BCUT2D eigenvalue weighted by atomic mass is 9.94. The summed E-state index contributed by atoms with van der Waals surface area (Å²) in [6.07, 6.45) is 5.19. The lowest BCUT2D eigenvalue weighted by molar-refractivity contribution is -0.120. The molecule has 0 radical (unpaired) electrons. The average molecular weight is 314 g/mol. The van der Waals surface area contributed by atoms with E-state index in [9.17, 15) is 4.79 Å². The molecule has 3 heterocycles. The molecule has 4 nitrogen and oxygen atoms in total. The molecule has 0 aliphatic carbocycles. The largest absolute Gasteiger partial charge is 0.381 e. The van der Waals surface area contributed by atoms with Gasteiger partial charge in [-0.3, -0.25) is 9.69 Å². The number of hydrogen-bond donors (Lipinski definition) is 0. The van der Waals surface area contributed by atoms with Crippen molar-refractivity contribution in [1.82, 2.24) is 4.90 Å². The van der Waals surface area contributed by atoms with Crippen LogP contribution in [0.2, 0.25) is 0 Å². The molecular weight excluding hydrogens is 288 g/mol. The first-order valence-electron chi connectivity index (χ1n) is 9.02. The summed E-state index contributed by atoms with van der Waals surface area (Å²) in [5.41, 5.74) is 1.07. The number of amides is 1. The van der Waals surface area contributed by atoms with Crippen molar-refractivity contribution in [2.75, 3.05) is 31.2 Å². The van der Waals surface area contributed by atoms with E-state index in [2.05, 4.69) is 21.9 Å². The van der Waals surface area contributed by atoms with Gasteiger partial charge >= 0.3 is 0 Å². The minimum Gasteiger partial charge on any atom is -0.381 e. The van der Waals surface area contributed by atoms with Gasteiger partial charge in [0.25, 0.3) is 0 Å². The normalized spacial score (nSPS) is 29.7. The Morgan fingerprint density at radius 3 is 2.57 bits per heavy atom. The lowest BCUT2D eigenvalue weighted by Gasteiger charge is -2.40. The molecule has 4 rings (SSSR count). The predicted octanol–water partition coefficient (Wildman–Crippen LogP) is 2.68. The van der Waals surface area contributed by atoms with Crippen molar-refractivity contribution in [2.24, 2.45) is 5.92 Å². The molecular formula is C19H26N2O2. The quantitative estimate of drug-likeness (QED) is 0.860. The number of nitrogens with zero attached hydrogens (tertiary/aromatic N) is 2. The topological polar surface area (TPSA) is 32.8 Å². The number of hydrogen-bond acceptors (Lipinski definition) is 3. The third kappa shape index (κ3) is 3.02. The van der Waals surface area contributed by atoms with Crippen LogP contribution >= 0.6 is 0 Å². The maximum Gasteiger partial charge on any atom is 0.227 e. The minimum absolute atomic E-state index is 0.297. The molecule has 2 atom stereocenters. The van der Waals surface area contributed by atoms with Gasteiger partial charge in [-0.25, -0.2) is 0 Å². The summed E-state index contributed by atoms with van der Waals surface area (Å²) < 4.78 is 5.49. The number of para-hydroxylation sites is 1. The van der Waals surface area contributed by atoms with E-state index in [0.29, 0.717) is 24.4 Å². The Morgan fingerprint density at radius 2 is 1.78 bits per heavy atom. The third-order valence-corrected chi connectivity index (χ3v) is 5.75. The summed E-state index contributed by atoms with van der Waals surface area (Å²) in [7, 11) is 0. The van der Waals surface area contributed by atoms with E-state index in [1.54, 1.807) is 0 Å². The number of ether oxygens (including phenoxy) is 1. The van der Waals surface area contributed by atoms with Gasteiger partial charge in [0, 0.05) is 44.5 Å². The van der Waals surface area contributed by atoms with E-state index in [-0.39, 0.29) is 0 Å². The number of fused-ring (bicyclic) bond motifs is 1. The highest BCUT2D eigenvalue weighted by Crippen LogP contribution is 2.35. The number of anilines is 1. The van der Waals surface area contributed by atoms with Crippen LogP contribution in [0.25, 0.3) is 0 Å². The summed E-state index contributed by atoms with van der Waals surface area (Å²) in [5, 5.41) is 0. The van der Waals surface area contributed by atoms with Gasteiger partial charge in [-0.1, -0.05) is 18.2 Å². The summed E-state index contributed by atoms with van der Waals surface area (Å²) in [4.78, 5) is 17.3. The molecule has 1 aromatic rings.